The largest absolute Gasteiger partial charge is 0.489 e. The number of ether oxygens (including phenoxy) is 2. The van der Waals surface area contributed by atoms with Gasteiger partial charge < -0.3 is 14.4 Å². The smallest absolute Gasteiger partial charge is 0.306 e. The van der Waals surface area contributed by atoms with E-state index in [-0.39, 0.29) is 11.9 Å². The number of rotatable bonds is 12. The fraction of sp³-hybridized carbons (Fsp3) is 0.333. The van der Waals surface area contributed by atoms with Crippen LogP contribution >= 0.6 is 11.3 Å². The standard InChI is InChI=1S/C33H36N2O3S/c1-3-18-35(33-34-31(23-39-33)26-8-6-5-7-9-26)21-24-10-12-25(13-11-24)22-38-29-16-17-30-27(19-29)14-15-28(30)20-32(36)37-4-2/h5-13,16-17,19,23,28H,3-4,14-15,18,20-22H2,1-2H3. The molecule has 39 heavy (non-hydrogen) atoms. The van der Waals surface area contributed by atoms with Gasteiger partial charge in [-0.2, -0.15) is 0 Å². The molecule has 3 aromatic carbocycles. The Morgan fingerprint density at radius 2 is 1.82 bits per heavy atom. The molecule has 5 nitrogen and oxygen atoms in total. The van der Waals surface area contributed by atoms with Crippen LogP contribution in [0.3, 0.4) is 0 Å². The predicted molar refractivity (Wildman–Crippen MR) is 158 cm³/mol. The van der Waals surface area contributed by atoms with Crippen LogP contribution < -0.4 is 9.64 Å². The second kappa shape index (κ2) is 12.9. The molecule has 6 heteroatoms. The summed E-state index contributed by atoms with van der Waals surface area (Å²) in [5, 5.41) is 3.21. The van der Waals surface area contributed by atoms with Crippen molar-refractivity contribution in [2.45, 2.75) is 58.6 Å². The maximum atomic E-state index is 11.9. The zero-order chi connectivity index (χ0) is 27.0. The lowest BCUT2D eigenvalue weighted by Gasteiger charge is -2.21. The van der Waals surface area contributed by atoms with Crippen molar-refractivity contribution in [3.63, 3.8) is 0 Å². The molecule has 0 saturated carbocycles. The summed E-state index contributed by atoms with van der Waals surface area (Å²) in [5.41, 5.74) is 7.13. The molecule has 4 aromatic rings. The van der Waals surface area contributed by atoms with Crippen LogP contribution in [0, 0.1) is 0 Å². The molecule has 0 radical (unpaired) electrons. The monoisotopic (exact) mass is 540 g/mol. The maximum absolute atomic E-state index is 11.9. The van der Waals surface area contributed by atoms with Gasteiger partial charge in [-0.15, -0.1) is 11.3 Å². The summed E-state index contributed by atoms with van der Waals surface area (Å²) in [6.07, 6.45) is 3.49. The van der Waals surface area contributed by atoms with Crippen molar-refractivity contribution in [1.29, 1.82) is 0 Å². The number of thiazole rings is 1. The molecule has 5 rings (SSSR count). The number of fused-ring (bicyclic) bond motifs is 1. The number of aromatic nitrogens is 1. The fourth-order valence-electron chi connectivity index (χ4n) is 5.20. The van der Waals surface area contributed by atoms with E-state index in [1.165, 1.54) is 16.7 Å². The van der Waals surface area contributed by atoms with Crippen LogP contribution in [0.2, 0.25) is 0 Å². The minimum atomic E-state index is -0.111. The topological polar surface area (TPSA) is 51.7 Å². The molecule has 0 amide bonds. The van der Waals surface area contributed by atoms with Crippen molar-refractivity contribution in [1.82, 2.24) is 4.98 Å². The third-order valence-electron chi connectivity index (χ3n) is 7.16. The van der Waals surface area contributed by atoms with E-state index in [2.05, 4.69) is 77.9 Å². The SMILES string of the molecule is CCCN(Cc1ccc(COc2ccc3c(c2)CCC3CC(=O)OCC)cc1)c1nc(-c2ccccc2)cs1. The van der Waals surface area contributed by atoms with Gasteiger partial charge in [0, 0.05) is 24.0 Å². The highest BCUT2D eigenvalue weighted by Gasteiger charge is 2.25. The Hall–Kier alpha value is -3.64. The number of nitrogens with zero attached hydrogens (tertiary/aromatic N) is 2. The van der Waals surface area contributed by atoms with Crippen LogP contribution in [-0.4, -0.2) is 24.1 Å². The predicted octanol–water partition coefficient (Wildman–Crippen LogP) is 7.79. The van der Waals surface area contributed by atoms with E-state index in [1.54, 1.807) is 11.3 Å². The molecular formula is C33H36N2O3S. The third kappa shape index (κ3) is 6.87. The van der Waals surface area contributed by atoms with E-state index in [0.29, 0.717) is 19.6 Å². The molecule has 0 bridgehead atoms. The van der Waals surface area contributed by atoms with Crippen LogP contribution in [0.1, 0.15) is 61.3 Å². The first-order valence-electron chi connectivity index (χ1n) is 13.9. The molecule has 1 aliphatic carbocycles. The van der Waals surface area contributed by atoms with E-state index >= 15 is 0 Å². The minimum Gasteiger partial charge on any atom is -0.489 e. The Bertz CT molecular complexity index is 1370. The lowest BCUT2D eigenvalue weighted by atomic mass is 9.98. The zero-order valence-electron chi connectivity index (χ0n) is 22.8. The Morgan fingerprint density at radius 1 is 1.03 bits per heavy atom. The number of carbonyl (C=O) groups is 1. The molecule has 0 saturated heterocycles. The van der Waals surface area contributed by atoms with E-state index < -0.39 is 0 Å². The minimum absolute atomic E-state index is 0.111. The number of aryl methyl sites for hydroxylation is 1. The van der Waals surface area contributed by atoms with Crippen molar-refractivity contribution < 1.29 is 14.3 Å². The third-order valence-corrected chi connectivity index (χ3v) is 8.06. The summed E-state index contributed by atoms with van der Waals surface area (Å²) >= 11 is 1.71. The number of hydrogen-bond acceptors (Lipinski definition) is 6. The van der Waals surface area contributed by atoms with Gasteiger partial charge in [0.1, 0.15) is 12.4 Å². The second-order valence-corrected chi connectivity index (χ2v) is 10.8. The lowest BCUT2D eigenvalue weighted by molar-refractivity contribution is -0.143. The van der Waals surface area contributed by atoms with E-state index in [9.17, 15) is 4.79 Å². The van der Waals surface area contributed by atoms with Gasteiger partial charge in [0.05, 0.1) is 18.7 Å². The quantitative estimate of drug-likeness (QED) is 0.172. The summed E-state index contributed by atoms with van der Waals surface area (Å²) < 4.78 is 11.3. The summed E-state index contributed by atoms with van der Waals surface area (Å²) in [4.78, 5) is 19.2. The van der Waals surface area contributed by atoms with Gasteiger partial charge in [-0.05, 0) is 66.5 Å². The number of benzene rings is 3. The first-order chi connectivity index (χ1) is 19.1. The van der Waals surface area contributed by atoms with Gasteiger partial charge in [-0.3, -0.25) is 4.79 Å². The van der Waals surface area contributed by atoms with E-state index in [4.69, 9.17) is 14.5 Å². The van der Waals surface area contributed by atoms with Crippen LogP contribution in [-0.2, 0) is 29.1 Å². The molecule has 1 atom stereocenters. The lowest BCUT2D eigenvalue weighted by Crippen LogP contribution is -2.23. The number of hydrogen-bond donors (Lipinski definition) is 0. The van der Waals surface area contributed by atoms with Crippen LogP contribution in [0.15, 0.2) is 78.2 Å². The van der Waals surface area contributed by atoms with Gasteiger partial charge in [-0.1, -0.05) is 67.6 Å². The van der Waals surface area contributed by atoms with Crippen molar-refractivity contribution in [2.24, 2.45) is 0 Å². The van der Waals surface area contributed by atoms with Crippen LogP contribution in [0.4, 0.5) is 5.13 Å². The fourth-order valence-corrected chi connectivity index (χ4v) is 6.06. The van der Waals surface area contributed by atoms with Crippen molar-refractivity contribution in [2.75, 3.05) is 18.1 Å². The molecule has 0 aliphatic heterocycles. The summed E-state index contributed by atoms with van der Waals surface area (Å²) in [6.45, 7) is 6.81. The molecular weight excluding hydrogens is 504 g/mol. The molecule has 0 N–H and O–H groups in total. The highest BCUT2D eigenvalue weighted by Crippen LogP contribution is 2.37. The van der Waals surface area contributed by atoms with Gasteiger partial charge in [0.15, 0.2) is 5.13 Å². The zero-order valence-corrected chi connectivity index (χ0v) is 23.6. The summed E-state index contributed by atoms with van der Waals surface area (Å²) in [7, 11) is 0. The highest BCUT2D eigenvalue weighted by molar-refractivity contribution is 7.14. The average molecular weight is 541 g/mol. The van der Waals surface area contributed by atoms with Gasteiger partial charge >= 0.3 is 5.97 Å². The van der Waals surface area contributed by atoms with Crippen molar-refractivity contribution >= 4 is 22.4 Å². The molecule has 1 heterocycles. The van der Waals surface area contributed by atoms with Gasteiger partial charge in [0.25, 0.3) is 0 Å². The summed E-state index contributed by atoms with van der Waals surface area (Å²) in [6, 6.07) is 25.3. The molecule has 1 unspecified atom stereocenters. The number of anilines is 1. The molecule has 1 aliphatic rings. The number of esters is 1. The number of carbonyl (C=O) groups excluding carboxylic acids is 1. The Morgan fingerprint density at radius 3 is 2.59 bits per heavy atom. The first-order valence-corrected chi connectivity index (χ1v) is 14.8. The van der Waals surface area contributed by atoms with Crippen LogP contribution in [0.5, 0.6) is 5.75 Å². The van der Waals surface area contributed by atoms with Gasteiger partial charge in [-0.25, -0.2) is 4.98 Å². The molecule has 202 valence electrons. The maximum Gasteiger partial charge on any atom is 0.306 e. The highest BCUT2D eigenvalue weighted by atomic mass is 32.1. The van der Waals surface area contributed by atoms with E-state index in [0.717, 1.165) is 60.1 Å². The van der Waals surface area contributed by atoms with Crippen molar-refractivity contribution in [3.8, 4) is 17.0 Å². The average Bonchev–Trinajstić information content (AvgIpc) is 3.61. The van der Waals surface area contributed by atoms with Gasteiger partial charge in [0.2, 0.25) is 0 Å². The van der Waals surface area contributed by atoms with Crippen molar-refractivity contribution in [3.05, 3.63) is 100 Å². The Kier molecular flexibility index (Phi) is 8.94. The normalized spacial score (nSPS) is 14.2. The Balaban J connectivity index is 1.17. The summed E-state index contributed by atoms with van der Waals surface area (Å²) in [5.74, 6) is 1.02. The molecule has 1 aromatic heterocycles. The molecule has 0 fully saturated rings. The first kappa shape index (κ1) is 26.9. The second-order valence-electron chi connectivity index (χ2n) is 10.0. The van der Waals surface area contributed by atoms with Crippen LogP contribution in [0.25, 0.3) is 11.3 Å². The molecule has 0 spiro atoms. The Labute approximate surface area is 235 Å². The van der Waals surface area contributed by atoms with E-state index in [1.807, 2.05) is 19.1 Å².